The minimum atomic E-state index is 0.926. The van der Waals surface area contributed by atoms with Gasteiger partial charge in [-0.15, -0.1) is 0 Å². The van der Waals surface area contributed by atoms with Crippen LogP contribution in [0.15, 0.2) is 12.2 Å². The molecule has 106 valence electrons. The molecule has 0 aromatic rings. The molecular weight excluding hydrogens is 240 g/mol. The van der Waals surface area contributed by atoms with Crippen LogP contribution in [0.3, 0.4) is 0 Å². The molecule has 6 fully saturated rings. The SMILES string of the molecule is C1=CC2CC1C1C3CC(C21)C12CC1C1CCCC1CC32. The van der Waals surface area contributed by atoms with Crippen molar-refractivity contribution in [3.63, 3.8) is 0 Å². The fourth-order valence-electron chi connectivity index (χ4n) is 9.69. The summed E-state index contributed by atoms with van der Waals surface area (Å²) in [5.41, 5.74) is 0.926. The molecule has 20 heavy (non-hydrogen) atoms. The standard InChI is InChI=1S/C20H26/c1-2-10-7-15-14-8-16(20(15)9-17(20)13(10)3-1)19-12-5-4-11(6-12)18(14)19/h4-5,10-19H,1-3,6-9H2. The van der Waals surface area contributed by atoms with Gasteiger partial charge in [-0.25, -0.2) is 0 Å². The maximum atomic E-state index is 2.64. The molecule has 0 heteroatoms. The zero-order valence-electron chi connectivity index (χ0n) is 12.4. The second-order valence-electron chi connectivity index (χ2n) is 9.73. The van der Waals surface area contributed by atoms with Gasteiger partial charge >= 0.3 is 0 Å². The van der Waals surface area contributed by atoms with Crippen LogP contribution in [-0.4, -0.2) is 0 Å². The Bertz CT molecular complexity index is 532. The third kappa shape index (κ3) is 0.867. The van der Waals surface area contributed by atoms with Crippen LogP contribution in [0.1, 0.15) is 44.9 Å². The van der Waals surface area contributed by atoms with E-state index in [1.165, 1.54) is 35.5 Å². The molecule has 0 radical (unpaired) electrons. The summed E-state index contributed by atoms with van der Waals surface area (Å²) >= 11 is 0. The van der Waals surface area contributed by atoms with E-state index in [0.717, 1.165) is 29.1 Å². The highest BCUT2D eigenvalue weighted by molar-refractivity contribution is 5.30. The highest BCUT2D eigenvalue weighted by Crippen LogP contribution is 2.85. The lowest BCUT2D eigenvalue weighted by molar-refractivity contribution is 0.00609. The molecule has 0 aliphatic heterocycles. The number of fused-ring (bicyclic) bond motifs is 12. The molecule has 0 nitrogen and oxygen atoms in total. The van der Waals surface area contributed by atoms with Crippen molar-refractivity contribution in [3.05, 3.63) is 12.2 Å². The van der Waals surface area contributed by atoms with Gasteiger partial charge in [0.15, 0.2) is 0 Å². The summed E-state index contributed by atoms with van der Waals surface area (Å²) in [6.45, 7) is 0. The van der Waals surface area contributed by atoms with Gasteiger partial charge in [-0.2, -0.15) is 0 Å². The molecule has 0 heterocycles. The van der Waals surface area contributed by atoms with E-state index in [0.29, 0.717) is 0 Å². The van der Waals surface area contributed by atoms with Gasteiger partial charge in [-0.1, -0.05) is 25.0 Å². The Kier molecular flexibility index (Phi) is 1.54. The Morgan fingerprint density at radius 1 is 0.750 bits per heavy atom. The first kappa shape index (κ1) is 10.5. The summed E-state index contributed by atoms with van der Waals surface area (Å²) in [7, 11) is 0. The number of hydrogen-bond donors (Lipinski definition) is 0. The van der Waals surface area contributed by atoms with Crippen LogP contribution in [0, 0.1) is 64.6 Å². The third-order valence-electron chi connectivity index (χ3n) is 9.86. The van der Waals surface area contributed by atoms with Crippen molar-refractivity contribution >= 4 is 0 Å². The number of hydrogen-bond acceptors (Lipinski definition) is 0. The summed E-state index contributed by atoms with van der Waals surface area (Å²) < 4.78 is 0. The zero-order chi connectivity index (χ0) is 12.6. The topological polar surface area (TPSA) is 0 Å². The molecule has 11 unspecified atom stereocenters. The maximum Gasteiger partial charge on any atom is -0.0194 e. The fraction of sp³-hybridized carbons (Fsp3) is 0.900. The first-order chi connectivity index (χ1) is 9.88. The van der Waals surface area contributed by atoms with Crippen molar-refractivity contribution < 1.29 is 0 Å². The lowest BCUT2D eigenvalue weighted by Crippen LogP contribution is -2.43. The largest absolute Gasteiger partial charge is 0.0848 e. The smallest absolute Gasteiger partial charge is 0.0194 e. The van der Waals surface area contributed by atoms with E-state index in [4.69, 9.17) is 0 Å². The molecule has 0 aromatic heterocycles. The van der Waals surface area contributed by atoms with Gasteiger partial charge in [0.05, 0.1) is 0 Å². The van der Waals surface area contributed by atoms with E-state index >= 15 is 0 Å². The molecule has 1 spiro atoms. The summed E-state index contributed by atoms with van der Waals surface area (Å²) in [4.78, 5) is 0. The summed E-state index contributed by atoms with van der Waals surface area (Å²) in [5, 5.41) is 0. The summed E-state index contributed by atoms with van der Waals surface area (Å²) in [5.74, 6) is 11.5. The van der Waals surface area contributed by atoms with Gasteiger partial charge in [0.25, 0.3) is 0 Å². The zero-order valence-corrected chi connectivity index (χ0v) is 12.4. The van der Waals surface area contributed by atoms with Gasteiger partial charge in [-0.05, 0) is 96.7 Å². The van der Waals surface area contributed by atoms with Gasteiger partial charge in [-0.3, -0.25) is 0 Å². The lowest BCUT2D eigenvalue weighted by Gasteiger charge is -2.48. The Balaban J connectivity index is 1.36. The Labute approximate surface area is 122 Å². The van der Waals surface area contributed by atoms with Crippen molar-refractivity contribution in [1.29, 1.82) is 0 Å². The van der Waals surface area contributed by atoms with Crippen LogP contribution in [0.25, 0.3) is 0 Å². The monoisotopic (exact) mass is 266 g/mol. The van der Waals surface area contributed by atoms with E-state index in [1.807, 2.05) is 0 Å². The van der Waals surface area contributed by atoms with E-state index in [2.05, 4.69) is 12.2 Å². The average molecular weight is 266 g/mol. The van der Waals surface area contributed by atoms with Crippen molar-refractivity contribution in [2.75, 3.05) is 0 Å². The second-order valence-corrected chi connectivity index (χ2v) is 9.73. The Morgan fingerprint density at radius 3 is 2.60 bits per heavy atom. The minimum absolute atomic E-state index is 0.926. The molecule has 0 saturated heterocycles. The third-order valence-corrected chi connectivity index (χ3v) is 9.86. The highest BCUT2D eigenvalue weighted by Gasteiger charge is 2.79. The predicted molar refractivity (Wildman–Crippen MR) is 78.8 cm³/mol. The molecule has 7 rings (SSSR count). The van der Waals surface area contributed by atoms with Crippen LogP contribution in [0.5, 0.6) is 0 Å². The summed E-state index contributed by atoms with van der Waals surface area (Å²) in [6, 6.07) is 0. The van der Waals surface area contributed by atoms with Gasteiger partial charge in [0.1, 0.15) is 0 Å². The molecule has 7 aliphatic rings. The van der Waals surface area contributed by atoms with Crippen LogP contribution >= 0.6 is 0 Å². The van der Waals surface area contributed by atoms with Crippen LogP contribution in [-0.2, 0) is 0 Å². The quantitative estimate of drug-likeness (QED) is 0.447. The normalized spacial score (nSPS) is 73.6. The molecule has 4 bridgehead atoms. The average Bonchev–Trinajstić information content (AvgIpc) is 3.03. The van der Waals surface area contributed by atoms with Crippen LogP contribution in [0.4, 0.5) is 0 Å². The van der Waals surface area contributed by atoms with Crippen molar-refractivity contribution in [1.82, 2.24) is 0 Å². The first-order valence-electron chi connectivity index (χ1n) is 9.56. The molecular formula is C20H26. The molecule has 0 amide bonds. The molecule has 11 atom stereocenters. The lowest BCUT2D eigenvalue weighted by atomic mass is 9.57. The molecule has 0 aromatic carbocycles. The summed E-state index contributed by atoms with van der Waals surface area (Å²) in [6.07, 6.45) is 16.6. The van der Waals surface area contributed by atoms with E-state index < -0.39 is 0 Å². The van der Waals surface area contributed by atoms with Crippen molar-refractivity contribution in [2.45, 2.75) is 44.9 Å². The van der Waals surface area contributed by atoms with Crippen LogP contribution < -0.4 is 0 Å². The maximum absolute atomic E-state index is 2.64. The second kappa shape index (κ2) is 2.95. The first-order valence-corrected chi connectivity index (χ1v) is 9.56. The Morgan fingerprint density at radius 2 is 1.65 bits per heavy atom. The van der Waals surface area contributed by atoms with Gasteiger partial charge in [0.2, 0.25) is 0 Å². The van der Waals surface area contributed by atoms with E-state index in [-0.39, 0.29) is 0 Å². The number of rotatable bonds is 0. The fourth-order valence-corrected chi connectivity index (χ4v) is 9.69. The van der Waals surface area contributed by atoms with Crippen LogP contribution in [0.2, 0.25) is 0 Å². The Hall–Kier alpha value is -0.260. The van der Waals surface area contributed by atoms with Crippen molar-refractivity contribution in [2.24, 2.45) is 64.6 Å². The number of allylic oxidation sites excluding steroid dienone is 2. The predicted octanol–water partition coefficient (Wildman–Crippen LogP) is 4.52. The van der Waals surface area contributed by atoms with Gasteiger partial charge < -0.3 is 0 Å². The van der Waals surface area contributed by atoms with Crippen molar-refractivity contribution in [3.8, 4) is 0 Å². The molecule has 7 aliphatic carbocycles. The highest BCUT2D eigenvalue weighted by atomic mass is 14.8. The van der Waals surface area contributed by atoms with E-state index in [9.17, 15) is 0 Å². The molecule has 6 saturated carbocycles. The van der Waals surface area contributed by atoms with Gasteiger partial charge in [0, 0.05) is 0 Å². The minimum Gasteiger partial charge on any atom is -0.0848 e. The van der Waals surface area contributed by atoms with E-state index in [1.54, 1.807) is 44.9 Å². The molecule has 0 N–H and O–H groups in total.